The molecule has 1 aromatic heterocycles. The van der Waals surface area contributed by atoms with Gasteiger partial charge in [-0.25, -0.2) is 0 Å². The van der Waals surface area contributed by atoms with Gasteiger partial charge >= 0.3 is 0 Å². The summed E-state index contributed by atoms with van der Waals surface area (Å²) >= 11 is 0. The van der Waals surface area contributed by atoms with Gasteiger partial charge in [0.05, 0.1) is 18.9 Å². The van der Waals surface area contributed by atoms with Crippen LogP contribution in [-0.2, 0) is 11.3 Å². The highest BCUT2D eigenvalue weighted by Crippen LogP contribution is 2.27. The van der Waals surface area contributed by atoms with Gasteiger partial charge in [0.2, 0.25) is 0 Å². The number of rotatable bonds is 11. The molecule has 0 aliphatic heterocycles. The molecule has 0 unspecified atom stereocenters. The molecule has 0 atom stereocenters. The minimum atomic E-state index is 0.341. The molecule has 0 saturated heterocycles. The van der Waals surface area contributed by atoms with Gasteiger partial charge < -0.3 is 14.5 Å². The van der Waals surface area contributed by atoms with Crippen molar-refractivity contribution in [2.75, 3.05) is 26.2 Å². The minimum absolute atomic E-state index is 0.341. The molecule has 1 N–H and O–H groups in total. The van der Waals surface area contributed by atoms with E-state index in [1.165, 1.54) is 12.8 Å². The van der Waals surface area contributed by atoms with Crippen LogP contribution in [-0.4, -0.2) is 43.3 Å². The van der Waals surface area contributed by atoms with Crippen LogP contribution in [0.4, 0.5) is 0 Å². The second-order valence-electron chi connectivity index (χ2n) is 5.80. The van der Waals surface area contributed by atoms with Crippen LogP contribution in [0.1, 0.15) is 38.9 Å². The van der Waals surface area contributed by atoms with E-state index in [-0.39, 0.29) is 0 Å². The molecule has 114 valence electrons. The van der Waals surface area contributed by atoms with Crippen molar-refractivity contribution < 1.29 is 9.15 Å². The van der Waals surface area contributed by atoms with Crippen LogP contribution >= 0.6 is 0 Å². The molecule has 1 heterocycles. The third-order valence-electron chi connectivity index (χ3n) is 3.53. The molecule has 4 heteroatoms. The summed E-state index contributed by atoms with van der Waals surface area (Å²) in [4.78, 5) is 2.52. The Hall–Kier alpha value is -0.840. The van der Waals surface area contributed by atoms with Gasteiger partial charge in [-0.3, -0.25) is 4.90 Å². The smallest absolute Gasteiger partial charge is 0.117 e. The van der Waals surface area contributed by atoms with E-state index in [1.807, 2.05) is 6.07 Å². The van der Waals surface area contributed by atoms with Gasteiger partial charge in [-0.1, -0.05) is 0 Å². The van der Waals surface area contributed by atoms with E-state index in [4.69, 9.17) is 9.15 Å². The summed E-state index contributed by atoms with van der Waals surface area (Å²) in [6, 6.07) is 4.80. The van der Waals surface area contributed by atoms with Crippen molar-refractivity contribution in [3.05, 3.63) is 24.2 Å². The van der Waals surface area contributed by atoms with Crippen LogP contribution in [0.25, 0.3) is 0 Å². The topological polar surface area (TPSA) is 37.6 Å². The fraction of sp³-hybridized carbons (Fsp3) is 0.750. The molecule has 1 aliphatic carbocycles. The average molecular weight is 280 g/mol. The lowest BCUT2D eigenvalue weighted by atomic mass is 10.3. The Morgan fingerprint density at radius 2 is 2.25 bits per heavy atom. The Bertz CT molecular complexity index is 347. The normalized spacial score (nSPS) is 15.4. The zero-order valence-electron chi connectivity index (χ0n) is 12.8. The first kappa shape index (κ1) is 15.5. The quantitative estimate of drug-likeness (QED) is 0.632. The molecule has 0 bridgehead atoms. The van der Waals surface area contributed by atoms with Crippen molar-refractivity contribution in [1.29, 1.82) is 0 Å². The maximum absolute atomic E-state index is 5.53. The molecule has 1 fully saturated rings. The van der Waals surface area contributed by atoms with Gasteiger partial charge in [-0.05, 0) is 51.8 Å². The number of nitrogens with one attached hydrogen (secondary N) is 1. The molecule has 0 aromatic carbocycles. The SMILES string of the molecule is CC(C)OCCCNCCN(Cc1ccco1)C1CC1. The summed E-state index contributed by atoms with van der Waals surface area (Å²) in [7, 11) is 0. The van der Waals surface area contributed by atoms with Crippen molar-refractivity contribution >= 4 is 0 Å². The van der Waals surface area contributed by atoms with Crippen LogP contribution in [0.15, 0.2) is 22.8 Å². The molecule has 0 spiro atoms. The van der Waals surface area contributed by atoms with Gasteiger partial charge in [0, 0.05) is 25.7 Å². The molecule has 1 aliphatic rings. The fourth-order valence-electron chi connectivity index (χ4n) is 2.30. The highest BCUT2D eigenvalue weighted by Gasteiger charge is 2.28. The van der Waals surface area contributed by atoms with Crippen LogP contribution in [0.3, 0.4) is 0 Å². The Balaban J connectivity index is 1.54. The molecule has 0 amide bonds. The molecule has 4 nitrogen and oxygen atoms in total. The van der Waals surface area contributed by atoms with Gasteiger partial charge in [-0.15, -0.1) is 0 Å². The first-order valence-electron chi connectivity index (χ1n) is 7.84. The average Bonchev–Trinajstić information content (AvgIpc) is 3.14. The largest absolute Gasteiger partial charge is 0.468 e. The first-order chi connectivity index (χ1) is 9.75. The number of ether oxygens (including phenoxy) is 1. The summed E-state index contributed by atoms with van der Waals surface area (Å²) in [5.41, 5.74) is 0. The number of nitrogens with zero attached hydrogens (tertiary/aromatic N) is 1. The molecular weight excluding hydrogens is 252 g/mol. The van der Waals surface area contributed by atoms with E-state index in [0.29, 0.717) is 6.10 Å². The lowest BCUT2D eigenvalue weighted by Crippen LogP contribution is -2.33. The van der Waals surface area contributed by atoms with E-state index in [1.54, 1.807) is 6.26 Å². The number of furan rings is 1. The molecule has 2 rings (SSSR count). The summed E-state index contributed by atoms with van der Waals surface area (Å²) in [6.45, 7) is 9.12. The van der Waals surface area contributed by atoms with Crippen LogP contribution in [0, 0.1) is 0 Å². The third-order valence-corrected chi connectivity index (χ3v) is 3.53. The number of hydrogen-bond acceptors (Lipinski definition) is 4. The fourth-order valence-corrected chi connectivity index (χ4v) is 2.30. The molecule has 20 heavy (non-hydrogen) atoms. The maximum Gasteiger partial charge on any atom is 0.117 e. The van der Waals surface area contributed by atoms with Crippen molar-refractivity contribution in [2.45, 2.75) is 51.8 Å². The van der Waals surface area contributed by atoms with Gasteiger partial charge in [0.25, 0.3) is 0 Å². The van der Waals surface area contributed by atoms with Crippen molar-refractivity contribution in [3.8, 4) is 0 Å². The predicted octanol–water partition coefficient (Wildman–Crippen LogP) is 2.65. The highest BCUT2D eigenvalue weighted by atomic mass is 16.5. The summed E-state index contributed by atoms with van der Waals surface area (Å²) in [5.74, 6) is 1.07. The maximum atomic E-state index is 5.53. The van der Waals surface area contributed by atoms with Gasteiger partial charge in [0.1, 0.15) is 5.76 Å². The predicted molar refractivity (Wildman–Crippen MR) is 80.7 cm³/mol. The molecular formula is C16H28N2O2. The zero-order valence-corrected chi connectivity index (χ0v) is 12.8. The molecule has 1 saturated carbocycles. The third kappa shape index (κ3) is 6.07. The second-order valence-corrected chi connectivity index (χ2v) is 5.80. The molecule has 1 aromatic rings. The molecule has 0 radical (unpaired) electrons. The van der Waals surface area contributed by atoms with Crippen molar-refractivity contribution in [2.24, 2.45) is 0 Å². The lowest BCUT2D eigenvalue weighted by Gasteiger charge is -2.21. The van der Waals surface area contributed by atoms with E-state index in [9.17, 15) is 0 Å². The Labute approximate surface area is 122 Å². The first-order valence-corrected chi connectivity index (χ1v) is 7.84. The monoisotopic (exact) mass is 280 g/mol. The van der Waals surface area contributed by atoms with Crippen molar-refractivity contribution in [1.82, 2.24) is 10.2 Å². The van der Waals surface area contributed by atoms with Gasteiger partial charge in [-0.2, -0.15) is 0 Å². The number of hydrogen-bond donors (Lipinski definition) is 1. The lowest BCUT2D eigenvalue weighted by molar-refractivity contribution is 0.0769. The van der Waals surface area contributed by atoms with E-state index in [0.717, 1.165) is 51.0 Å². The van der Waals surface area contributed by atoms with Crippen LogP contribution < -0.4 is 5.32 Å². The minimum Gasteiger partial charge on any atom is -0.468 e. The van der Waals surface area contributed by atoms with Crippen molar-refractivity contribution in [3.63, 3.8) is 0 Å². The Kier molecular flexibility index (Phi) is 6.57. The zero-order chi connectivity index (χ0) is 14.2. The second kappa shape index (κ2) is 8.45. The van der Waals surface area contributed by atoms with E-state index >= 15 is 0 Å². The van der Waals surface area contributed by atoms with Gasteiger partial charge in [0.15, 0.2) is 0 Å². The van der Waals surface area contributed by atoms with Crippen LogP contribution in [0.2, 0.25) is 0 Å². The Morgan fingerprint density at radius 3 is 2.90 bits per heavy atom. The summed E-state index contributed by atoms with van der Waals surface area (Å²) in [5, 5.41) is 3.50. The van der Waals surface area contributed by atoms with Crippen LogP contribution in [0.5, 0.6) is 0 Å². The summed E-state index contributed by atoms with van der Waals surface area (Å²) in [6.07, 6.45) is 5.85. The standard InChI is InChI=1S/C16H28N2O2/c1-14(2)19-12-4-8-17-9-10-18(15-6-7-15)13-16-5-3-11-20-16/h3,5,11,14-15,17H,4,6-10,12-13H2,1-2H3. The van der Waals surface area contributed by atoms with E-state index < -0.39 is 0 Å². The van der Waals surface area contributed by atoms with E-state index in [2.05, 4.69) is 30.1 Å². The highest BCUT2D eigenvalue weighted by molar-refractivity contribution is 4.99. The summed E-state index contributed by atoms with van der Waals surface area (Å²) < 4.78 is 11.0. The Morgan fingerprint density at radius 1 is 1.40 bits per heavy atom.